The number of rotatable bonds is 7. The summed E-state index contributed by atoms with van der Waals surface area (Å²) < 4.78 is 4.78. The number of hydrogen-bond acceptors (Lipinski definition) is 5. The molecule has 1 unspecified atom stereocenters. The predicted molar refractivity (Wildman–Crippen MR) is 129 cm³/mol. The van der Waals surface area contributed by atoms with E-state index in [-0.39, 0.29) is 5.27 Å². The van der Waals surface area contributed by atoms with Crippen LogP contribution in [0.3, 0.4) is 0 Å². The molecule has 1 saturated carbocycles. The summed E-state index contributed by atoms with van der Waals surface area (Å²) >= 11 is 8.37. The lowest BCUT2D eigenvalue weighted by molar-refractivity contribution is -0.138. The van der Waals surface area contributed by atoms with Gasteiger partial charge in [0.25, 0.3) is 5.27 Å². The first-order chi connectivity index (χ1) is 13.8. The van der Waals surface area contributed by atoms with Gasteiger partial charge in [0.15, 0.2) is 0 Å². The fraction of sp³-hybridized carbons (Fsp3) is 0.636. The number of aliphatic carboxylic acids is 1. The molecule has 8 heteroatoms. The normalized spacial score (nSPS) is 15.7. The van der Waals surface area contributed by atoms with Gasteiger partial charge in [-0.1, -0.05) is 63.8 Å². The minimum Gasteiger partial charge on any atom is -0.481 e. The van der Waals surface area contributed by atoms with E-state index in [1.54, 1.807) is 20.8 Å². The number of ether oxygens (including phenoxy) is 1. The van der Waals surface area contributed by atoms with Crippen molar-refractivity contribution in [1.82, 2.24) is 0 Å². The third-order valence-electron chi connectivity index (χ3n) is 6.39. The Morgan fingerprint density at radius 3 is 2.00 bits per heavy atom. The van der Waals surface area contributed by atoms with Crippen molar-refractivity contribution in [2.75, 3.05) is 0 Å². The molecule has 30 heavy (non-hydrogen) atoms. The zero-order chi connectivity index (χ0) is 23.1. The van der Waals surface area contributed by atoms with E-state index in [4.69, 9.17) is 14.9 Å². The van der Waals surface area contributed by atoms with Crippen LogP contribution in [-0.4, -0.2) is 33.2 Å². The highest BCUT2D eigenvalue weighted by Crippen LogP contribution is 2.45. The largest absolute Gasteiger partial charge is 0.506 e. The van der Waals surface area contributed by atoms with Crippen LogP contribution in [0.4, 0.5) is 4.79 Å². The lowest BCUT2D eigenvalue weighted by atomic mass is 9.60. The van der Waals surface area contributed by atoms with Crippen LogP contribution in [0.1, 0.15) is 77.3 Å². The number of carboxylic acid groups (broad SMARTS) is 2. The molecule has 168 valence electrons. The summed E-state index contributed by atoms with van der Waals surface area (Å²) in [5, 5.41) is 16.8. The molecule has 0 bridgehead atoms. The lowest BCUT2D eigenvalue weighted by Gasteiger charge is -2.40. The molecule has 1 atom stereocenters. The van der Waals surface area contributed by atoms with Crippen LogP contribution < -0.4 is 0 Å². The van der Waals surface area contributed by atoms with Gasteiger partial charge in [-0.05, 0) is 44.2 Å². The van der Waals surface area contributed by atoms with Gasteiger partial charge in [0, 0.05) is 5.31 Å². The zero-order valence-corrected chi connectivity index (χ0v) is 20.4. The Balaban J connectivity index is 0.000000314. The number of benzene rings is 1. The molecule has 0 radical (unpaired) electrons. The van der Waals surface area contributed by atoms with Gasteiger partial charge in [-0.15, -0.1) is 0 Å². The molecule has 1 aromatic rings. The fourth-order valence-corrected chi connectivity index (χ4v) is 3.92. The molecule has 0 amide bonds. The second kappa shape index (κ2) is 11.4. The van der Waals surface area contributed by atoms with Crippen molar-refractivity contribution in [2.24, 2.45) is 5.92 Å². The van der Waals surface area contributed by atoms with Crippen molar-refractivity contribution >= 4 is 42.4 Å². The number of thiol groups is 2. The molecule has 2 rings (SSSR count). The van der Waals surface area contributed by atoms with E-state index in [0.29, 0.717) is 0 Å². The van der Waals surface area contributed by atoms with E-state index in [2.05, 4.69) is 37.1 Å². The van der Waals surface area contributed by atoms with Crippen molar-refractivity contribution in [3.63, 3.8) is 0 Å². The van der Waals surface area contributed by atoms with Crippen LogP contribution in [0.25, 0.3) is 0 Å². The quantitative estimate of drug-likeness (QED) is 0.224. The monoisotopic (exact) mass is 454 g/mol. The minimum atomic E-state index is -1.28. The highest BCUT2D eigenvalue weighted by atomic mass is 32.2. The first kappa shape index (κ1) is 26.8. The van der Waals surface area contributed by atoms with Crippen LogP contribution in [0, 0.1) is 5.92 Å². The maximum absolute atomic E-state index is 10.9. The molecule has 0 aromatic heterocycles. The first-order valence-electron chi connectivity index (χ1n) is 10.4. The second-order valence-electron chi connectivity index (χ2n) is 9.13. The Kier molecular flexibility index (Phi) is 10.1. The van der Waals surface area contributed by atoms with Gasteiger partial charge in [0.1, 0.15) is 5.60 Å². The molecule has 5 nitrogen and oxygen atoms in total. The maximum Gasteiger partial charge on any atom is 0.506 e. The van der Waals surface area contributed by atoms with Gasteiger partial charge >= 0.3 is 12.1 Å². The van der Waals surface area contributed by atoms with E-state index >= 15 is 0 Å². The fourth-order valence-electron chi connectivity index (χ4n) is 3.29. The predicted octanol–water partition coefficient (Wildman–Crippen LogP) is 6.20. The van der Waals surface area contributed by atoms with Crippen molar-refractivity contribution in [3.8, 4) is 0 Å². The van der Waals surface area contributed by atoms with Crippen molar-refractivity contribution < 1.29 is 24.5 Å². The molecule has 1 aliphatic carbocycles. The van der Waals surface area contributed by atoms with Crippen LogP contribution in [0.2, 0.25) is 5.31 Å². The van der Waals surface area contributed by atoms with Crippen LogP contribution in [-0.2, 0) is 16.0 Å². The summed E-state index contributed by atoms with van der Waals surface area (Å²) in [4.78, 5) is 21.3. The summed E-state index contributed by atoms with van der Waals surface area (Å²) in [5.41, 5.74) is 1.43. The summed E-state index contributed by atoms with van der Waals surface area (Å²) in [6.45, 7) is 8.87. The first-order valence-corrected chi connectivity index (χ1v) is 11.4. The van der Waals surface area contributed by atoms with Crippen molar-refractivity contribution in [3.05, 3.63) is 35.4 Å². The van der Waals surface area contributed by atoms with E-state index in [1.807, 2.05) is 26.0 Å². The lowest BCUT2D eigenvalue weighted by Crippen LogP contribution is -2.43. The van der Waals surface area contributed by atoms with Crippen LogP contribution in [0.5, 0.6) is 0 Å². The van der Waals surface area contributed by atoms with E-state index < -0.39 is 29.0 Å². The van der Waals surface area contributed by atoms with E-state index in [1.165, 1.54) is 31.2 Å². The van der Waals surface area contributed by atoms with Gasteiger partial charge in [0.2, 0.25) is 0 Å². The van der Waals surface area contributed by atoms with Gasteiger partial charge in [-0.3, -0.25) is 4.79 Å². The van der Waals surface area contributed by atoms with Gasteiger partial charge in [0.05, 0.1) is 5.92 Å². The van der Waals surface area contributed by atoms with Crippen LogP contribution >= 0.6 is 25.0 Å². The average Bonchev–Trinajstić information content (AvgIpc) is 3.14. The molecule has 0 aliphatic heterocycles. The van der Waals surface area contributed by atoms with Crippen molar-refractivity contribution in [2.45, 2.75) is 83.6 Å². The second-order valence-corrected chi connectivity index (χ2v) is 10.6. The Bertz CT molecular complexity index is 698. The molecule has 0 spiro atoms. The van der Waals surface area contributed by atoms with Crippen LogP contribution in [0.15, 0.2) is 24.3 Å². The molecular formula is C22H35BO5S2. The Morgan fingerprint density at radius 2 is 1.60 bits per heavy atom. The standard InChI is InChI=1S/C15H20O2.C7H15BO3S2/c1-11(15(16)17)14-8-6-13(7-9-14)10-12-4-2-3-5-12;1-6(2,8(12)13)7(3,4)11-5(9)10/h6-9,11-12H,2-5,10H2,1H3,(H,16,17);12-13H,1-4H3,(H,9,10). The van der Waals surface area contributed by atoms with E-state index in [0.717, 1.165) is 17.9 Å². The Hall–Kier alpha value is -1.28. The topological polar surface area (TPSA) is 83.8 Å². The molecule has 1 aliphatic rings. The molecule has 1 aromatic carbocycles. The van der Waals surface area contributed by atoms with Gasteiger partial charge in [-0.25, -0.2) is 29.8 Å². The molecular weight excluding hydrogens is 419 g/mol. The van der Waals surface area contributed by atoms with Gasteiger partial charge in [-0.2, -0.15) is 0 Å². The average molecular weight is 454 g/mol. The molecule has 0 heterocycles. The number of hydrogen-bond donors (Lipinski definition) is 4. The molecule has 2 N–H and O–H groups in total. The Morgan fingerprint density at radius 1 is 1.10 bits per heavy atom. The summed E-state index contributed by atoms with van der Waals surface area (Å²) in [5.74, 6) is -0.318. The molecule has 1 fully saturated rings. The Labute approximate surface area is 191 Å². The minimum absolute atomic E-state index is 0.248. The third-order valence-corrected chi connectivity index (χ3v) is 7.68. The highest BCUT2D eigenvalue weighted by molar-refractivity contribution is 8.41. The smallest absolute Gasteiger partial charge is 0.481 e. The van der Waals surface area contributed by atoms with Gasteiger partial charge < -0.3 is 14.9 Å². The number of carbonyl (C=O) groups is 2. The maximum atomic E-state index is 10.9. The summed E-state index contributed by atoms with van der Waals surface area (Å²) in [7, 11) is 0. The van der Waals surface area contributed by atoms with Crippen molar-refractivity contribution in [1.29, 1.82) is 0 Å². The number of carboxylic acids is 1. The third kappa shape index (κ3) is 7.76. The van der Waals surface area contributed by atoms with E-state index in [9.17, 15) is 9.59 Å². The SMILES string of the molecule is CC(C(=O)O)c1ccc(CC2CCCC2)cc1.CC(C)(OC(=O)O)C(C)(C)B(S)S. The highest BCUT2D eigenvalue weighted by Gasteiger charge is 2.45. The summed E-state index contributed by atoms with van der Waals surface area (Å²) in [6.07, 6.45) is 5.33. The zero-order valence-electron chi connectivity index (χ0n) is 18.6. The summed E-state index contributed by atoms with van der Waals surface area (Å²) in [6, 6.07) is 8.10. The molecule has 0 saturated heterocycles.